The first kappa shape index (κ1) is 15.8. The summed E-state index contributed by atoms with van der Waals surface area (Å²) >= 11 is 0. The molecule has 0 bridgehead atoms. The number of carbonyl (C=O) groups is 2. The maximum Gasteiger partial charge on any atom is 0.228 e. The van der Waals surface area contributed by atoms with Crippen LogP contribution in [-0.4, -0.2) is 43.5 Å². The first-order valence-corrected chi connectivity index (χ1v) is 8.31. The SMILES string of the molecule is COc1ccc(N2C[C@@H](C(=O)N3CCC(C)CC3)CC2=O)cc1. The van der Waals surface area contributed by atoms with Gasteiger partial charge < -0.3 is 14.5 Å². The minimum absolute atomic E-state index is 0.0268. The van der Waals surface area contributed by atoms with Crippen molar-refractivity contribution in [2.24, 2.45) is 11.8 Å². The Morgan fingerprint density at radius 1 is 1.17 bits per heavy atom. The van der Waals surface area contributed by atoms with Crippen LogP contribution in [0.4, 0.5) is 5.69 Å². The van der Waals surface area contributed by atoms with E-state index in [0.29, 0.717) is 18.9 Å². The third-order valence-electron chi connectivity index (χ3n) is 4.95. The lowest BCUT2D eigenvalue weighted by atomic mass is 9.97. The number of anilines is 1. The molecule has 0 radical (unpaired) electrons. The van der Waals surface area contributed by atoms with E-state index < -0.39 is 0 Å². The zero-order chi connectivity index (χ0) is 16.4. The fourth-order valence-corrected chi connectivity index (χ4v) is 3.37. The summed E-state index contributed by atoms with van der Waals surface area (Å²) in [6.07, 6.45) is 2.44. The van der Waals surface area contributed by atoms with E-state index in [-0.39, 0.29) is 17.7 Å². The van der Waals surface area contributed by atoms with Crippen molar-refractivity contribution in [2.75, 3.05) is 31.6 Å². The molecule has 0 spiro atoms. The minimum atomic E-state index is -0.210. The highest BCUT2D eigenvalue weighted by Crippen LogP contribution is 2.29. The summed E-state index contributed by atoms with van der Waals surface area (Å²) in [5.74, 6) is 1.41. The molecule has 2 aliphatic heterocycles. The number of rotatable bonds is 3. The number of carbonyl (C=O) groups excluding carboxylic acids is 2. The van der Waals surface area contributed by atoms with Gasteiger partial charge in [-0.05, 0) is 43.0 Å². The Labute approximate surface area is 137 Å². The van der Waals surface area contributed by atoms with Gasteiger partial charge in [0.1, 0.15) is 5.75 Å². The van der Waals surface area contributed by atoms with Gasteiger partial charge in [-0.25, -0.2) is 0 Å². The molecule has 0 aromatic heterocycles. The van der Waals surface area contributed by atoms with E-state index in [1.54, 1.807) is 12.0 Å². The van der Waals surface area contributed by atoms with Crippen molar-refractivity contribution in [2.45, 2.75) is 26.2 Å². The fraction of sp³-hybridized carbons (Fsp3) is 0.556. The van der Waals surface area contributed by atoms with E-state index in [0.717, 1.165) is 37.4 Å². The van der Waals surface area contributed by atoms with Crippen LogP contribution >= 0.6 is 0 Å². The summed E-state index contributed by atoms with van der Waals surface area (Å²) in [5, 5.41) is 0. The summed E-state index contributed by atoms with van der Waals surface area (Å²) in [7, 11) is 1.62. The number of hydrogen-bond donors (Lipinski definition) is 0. The smallest absolute Gasteiger partial charge is 0.228 e. The minimum Gasteiger partial charge on any atom is -0.497 e. The molecule has 5 heteroatoms. The van der Waals surface area contributed by atoms with Crippen LogP contribution in [0.3, 0.4) is 0 Å². The van der Waals surface area contributed by atoms with E-state index in [2.05, 4.69) is 6.92 Å². The summed E-state index contributed by atoms with van der Waals surface area (Å²) in [6, 6.07) is 7.41. The van der Waals surface area contributed by atoms with Gasteiger partial charge in [0.05, 0.1) is 13.0 Å². The average molecular weight is 316 g/mol. The van der Waals surface area contributed by atoms with Gasteiger partial charge in [-0.2, -0.15) is 0 Å². The van der Waals surface area contributed by atoms with E-state index >= 15 is 0 Å². The highest BCUT2D eigenvalue weighted by atomic mass is 16.5. The molecule has 3 rings (SSSR count). The standard InChI is InChI=1S/C18H24N2O3/c1-13-7-9-19(10-8-13)18(22)14-11-17(21)20(12-14)15-3-5-16(23-2)6-4-15/h3-6,13-14H,7-12H2,1-2H3/t14-/m0/s1. The molecule has 2 amide bonds. The van der Waals surface area contributed by atoms with Gasteiger partial charge in [0.2, 0.25) is 11.8 Å². The lowest BCUT2D eigenvalue weighted by Crippen LogP contribution is -2.42. The number of nitrogens with zero attached hydrogens (tertiary/aromatic N) is 2. The van der Waals surface area contributed by atoms with Crippen LogP contribution in [0, 0.1) is 11.8 Å². The first-order valence-electron chi connectivity index (χ1n) is 8.31. The van der Waals surface area contributed by atoms with Crippen molar-refractivity contribution in [3.63, 3.8) is 0 Å². The molecule has 0 saturated carbocycles. The molecule has 1 atom stereocenters. The third-order valence-corrected chi connectivity index (χ3v) is 4.95. The molecular weight excluding hydrogens is 292 g/mol. The number of ether oxygens (including phenoxy) is 1. The predicted molar refractivity (Wildman–Crippen MR) is 88.4 cm³/mol. The maximum atomic E-state index is 12.7. The largest absolute Gasteiger partial charge is 0.497 e. The summed E-state index contributed by atoms with van der Waals surface area (Å²) in [4.78, 5) is 28.6. The second-order valence-corrected chi connectivity index (χ2v) is 6.61. The van der Waals surface area contributed by atoms with Gasteiger partial charge in [0.15, 0.2) is 0 Å². The molecule has 1 aromatic carbocycles. The summed E-state index contributed by atoms with van der Waals surface area (Å²) < 4.78 is 5.14. The zero-order valence-electron chi connectivity index (χ0n) is 13.8. The lowest BCUT2D eigenvalue weighted by molar-refractivity contribution is -0.137. The number of piperidine rings is 1. The van der Waals surface area contributed by atoms with Crippen LogP contribution in [0.2, 0.25) is 0 Å². The van der Waals surface area contributed by atoms with Crippen molar-refractivity contribution in [1.82, 2.24) is 4.90 Å². The molecular formula is C18H24N2O3. The highest BCUT2D eigenvalue weighted by molar-refractivity contribution is 6.00. The Morgan fingerprint density at radius 3 is 2.43 bits per heavy atom. The topological polar surface area (TPSA) is 49.9 Å². The molecule has 2 saturated heterocycles. The quantitative estimate of drug-likeness (QED) is 0.860. The maximum absolute atomic E-state index is 12.7. The van der Waals surface area contributed by atoms with E-state index in [9.17, 15) is 9.59 Å². The van der Waals surface area contributed by atoms with Crippen LogP contribution in [0.15, 0.2) is 24.3 Å². The van der Waals surface area contributed by atoms with E-state index in [4.69, 9.17) is 4.74 Å². The van der Waals surface area contributed by atoms with Crippen LogP contribution in [0.25, 0.3) is 0 Å². The number of methoxy groups -OCH3 is 1. The number of amides is 2. The number of benzene rings is 1. The molecule has 2 heterocycles. The van der Waals surface area contributed by atoms with Gasteiger partial charge in [-0.15, -0.1) is 0 Å². The van der Waals surface area contributed by atoms with E-state index in [1.165, 1.54) is 0 Å². The fourth-order valence-electron chi connectivity index (χ4n) is 3.37. The van der Waals surface area contributed by atoms with Crippen LogP contribution in [-0.2, 0) is 9.59 Å². The van der Waals surface area contributed by atoms with Crippen molar-refractivity contribution in [3.05, 3.63) is 24.3 Å². The van der Waals surface area contributed by atoms with Crippen molar-refractivity contribution in [3.8, 4) is 5.75 Å². The Bertz CT molecular complexity index is 576. The highest BCUT2D eigenvalue weighted by Gasteiger charge is 2.37. The van der Waals surface area contributed by atoms with Gasteiger partial charge >= 0.3 is 0 Å². The van der Waals surface area contributed by atoms with Crippen LogP contribution in [0.1, 0.15) is 26.2 Å². The van der Waals surface area contributed by atoms with Gasteiger partial charge in [-0.3, -0.25) is 9.59 Å². The molecule has 2 aliphatic rings. The summed E-state index contributed by atoms with van der Waals surface area (Å²) in [5.41, 5.74) is 0.832. The third kappa shape index (κ3) is 3.33. The molecule has 1 aromatic rings. The van der Waals surface area contributed by atoms with Gasteiger partial charge in [0.25, 0.3) is 0 Å². The molecule has 0 aliphatic carbocycles. The second-order valence-electron chi connectivity index (χ2n) is 6.61. The Balaban J connectivity index is 1.65. The van der Waals surface area contributed by atoms with Crippen LogP contribution in [0.5, 0.6) is 5.75 Å². The van der Waals surface area contributed by atoms with Crippen molar-refractivity contribution in [1.29, 1.82) is 0 Å². The van der Waals surface area contributed by atoms with Gasteiger partial charge in [-0.1, -0.05) is 6.92 Å². The molecule has 5 nitrogen and oxygen atoms in total. The normalized spacial score (nSPS) is 22.5. The van der Waals surface area contributed by atoms with E-state index in [1.807, 2.05) is 29.2 Å². The predicted octanol–water partition coefficient (Wildman–Crippen LogP) is 2.31. The molecule has 0 unspecified atom stereocenters. The van der Waals surface area contributed by atoms with Gasteiger partial charge in [0, 0.05) is 31.7 Å². The second kappa shape index (κ2) is 6.60. The zero-order valence-corrected chi connectivity index (χ0v) is 13.8. The summed E-state index contributed by atoms with van der Waals surface area (Å²) in [6.45, 7) is 4.36. The Kier molecular flexibility index (Phi) is 4.55. The molecule has 2 fully saturated rings. The number of hydrogen-bond acceptors (Lipinski definition) is 3. The molecule has 124 valence electrons. The Hall–Kier alpha value is -2.04. The van der Waals surface area contributed by atoms with Crippen molar-refractivity contribution < 1.29 is 14.3 Å². The average Bonchev–Trinajstić information content (AvgIpc) is 2.97. The lowest BCUT2D eigenvalue weighted by Gasteiger charge is -2.32. The molecule has 0 N–H and O–H groups in total. The first-order chi connectivity index (χ1) is 11.1. The monoisotopic (exact) mass is 316 g/mol. The van der Waals surface area contributed by atoms with Crippen LogP contribution < -0.4 is 9.64 Å². The molecule has 23 heavy (non-hydrogen) atoms. The van der Waals surface area contributed by atoms with Crippen molar-refractivity contribution >= 4 is 17.5 Å². The Morgan fingerprint density at radius 2 is 1.83 bits per heavy atom. The number of likely N-dealkylation sites (tertiary alicyclic amines) is 1.